The van der Waals surface area contributed by atoms with Crippen LogP contribution in [0.2, 0.25) is 0 Å². The van der Waals surface area contributed by atoms with Crippen LogP contribution in [0.1, 0.15) is 96.1 Å². The van der Waals surface area contributed by atoms with Crippen molar-refractivity contribution in [3.63, 3.8) is 0 Å². The summed E-state index contributed by atoms with van der Waals surface area (Å²) < 4.78 is 40.7. The first kappa shape index (κ1) is 40.0. The number of pyridine rings is 1. The number of allylic oxidation sites excluding steroid dienone is 1. The standard InChI is InChI=1S/C47H56ClN5O6S/c1-44(2)14-10-35(39(24-44)46-29-47(48,30-46)31-46)26-51-16-18-52(19-17-51)36-6-4-33(5-7-36)42(59-37-20-34-11-15-49-43(34)50-25-37)28-60(56,57)38-8-9-41(40(21-38)53(54)55)58-27-32-22-45(23-32)12-3-13-45/h4-9,11,15,20-21,25,32,42H,3,10,12-14,16-19,22-24,26-31H2,1-2H3,(H,49,50). The van der Waals surface area contributed by atoms with E-state index in [2.05, 4.69) is 33.6 Å². The van der Waals surface area contributed by atoms with Gasteiger partial charge >= 0.3 is 5.69 Å². The van der Waals surface area contributed by atoms with Gasteiger partial charge in [0.2, 0.25) is 0 Å². The number of halogens is 1. The van der Waals surface area contributed by atoms with Crippen molar-refractivity contribution in [2.75, 3.05) is 50.0 Å². The fourth-order valence-electron chi connectivity index (χ4n) is 11.6. The van der Waals surface area contributed by atoms with Gasteiger partial charge in [0, 0.05) is 60.9 Å². The number of ether oxygens (including phenoxy) is 2. The Labute approximate surface area is 357 Å². The number of anilines is 1. The van der Waals surface area contributed by atoms with Gasteiger partial charge in [-0.1, -0.05) is 43.5 Å². The minimum Gasteiger partial charge on any atom is -0.487 e. The van der Waals surface area contributed by atoms with Crippen LogP contribution < -0.4 is 14.4 Å². The number of aromatic nitrogens is 2. The SMILES string of the molecule is CC1(C)CCC(CN2CCN(c3ccc(C(CS(=O)(=O)c4ccc(OCC5CC6(CCC6)C5)c([N+](=O)[O-])c4)Oc4cnc5[nH]ccc5c4)cc3)CC2)=C(C23CC(Cl)(C2)C3)C1. The first-order valence-electron chi connectivity index (χ1n) is 21.9. The van der Waals surface area contributed by atoms with E-state index in [0.717, 1.165) is 82.0 Å². The summed E-state index contributed by atoms with van der Waals surface area (Å²) >= 11 is 6.75. The number of benzene rings is 2. The van der Waals surface area contributed by atoms with Gasteiger partial charge in [-0.25, -0.2) is 13.4 Å². The van der Waals surface area contributed by atoms with E-state index < -0.39 is 26.6 Å². The summed E-state index contributed by atoms with van der Waals surface area (Å²) in [5.41, 5.74) is 6.70. The summed E-state index contributed by atoms with van der Waals surface area (Å²) in [5.74, 6) is 0.459. The maximum Gasteiger partial charge on any atom is 0.312 e. The molecule has 5 saturated carbocycles. The van der Waals surface area contributed by atoms with E-state index >= 15 is 0 Å². The third kappa shape index (κ3) is 7.59. The molecule has 7 aliphatic rings. The third-order valence-corrected chi connectivity index (χ3v) is 17.2. The summed E-state index contributed by atoms with van der Waals surface area (Å²) in [7, 11) is -4.07. The van der Waals surface area contributed by atoms with Gasteiger partial charge in [-0.3, -0.25) is 15.0 Å². The average molecular weight is 855 g/mol. The van der Waals surface area contributed by atoms with Crippen LogP contribution in [0.3, 0.4) is 0 Å². The topological polar surface area (TPSA) is 131 Å². The van der Waals surface area contributed by atoms with Crippen molar-refractivity contribution in [1.29, 1.82) is 0 Å². The molecule has 0 amide bonds. The molecular formula is C47H56ClN5O6S. The van der Waals surface area contributed by atoms with Crippen molar-refractivity contribution < 1.29 is 22.8 Å². The number of nitrogens with zero attached hydrogens (tertiary/aromatic N) is 4. The van der Waals surface area contributed by atoms with Gasteiger partial charge in [0.25, 0.3) is 0 Å². The van der Waals surface area contributed by atoms with Gasteiger partial charge < -0.3 is 19.4 Å². The Morgan fingerprint density at radius 3 is 2.43 bits per heavy atom. The summed E-state index contributed by atoms with van der Waals surface area (Å²) in [6.45, 7) is 10.0. The molecule has 1 atom stereocenters. The predicted octanol–water partition coefficient (Wildman–Crippen LogP) is 9.81. The van der Waals surface area contributed by atoms with Crippen molar-refractivity contribution in [1.82, 2.24) is 14.9 Å². The Morgan fingerprint density at radius 2 is 1.75 bits per heavy atom. The highest BCUT2D eigenvalue weighted by atomic mass is 35.5. The first-order valence-corrected chi connectivity index (χ1v) is 23.9. The number of hydrogen-bond donors (Lipinski definition) is 1. The molecule has 1 aliphatic heterocycles. The van der Waals surface area contributed by atoms with Gasteiger partial charge in [0.05, 0.1) is 28.4 Å². The lowest BCUT2D eigenvalue weighted by Gasteiger charge is -2.70. The number of rotatable bonds is 14. The monoisotopic (exact) mass is 853 g/mol. The van der Waals surface area contributed by atoms with Gasteiger partial charge in [-0.2, -0.15) is 0 Å². The van der Waals surface area contributed by atoms with E-state index in [0.29, 0.717) is 45.7 Å². The number of piperazine rings is 1. The molecule has 318 valence electrons. The average Bonchev–Trinajstić information content (AvgIpc) is 3.64. The zero-order chi connectivity index (χ0) is 41.5. The molecule has 0 radical (unpaired) electrons. The number of nitro groups is 1. The number of alkyl halides is 1. The largest absolute Gasteiger partial charge is 0.487 e. The fraction of sp³-hybridized carbons (Fsp3) is 0.553. The number of nitro benzene ring substituents is 1. The maximum atomic E-state index is 14.1. The number of fused-ring (bicyclic) bond motifs is 1. The van der Waals surface area contributed by atoms with E-state index in [4.69, 9.17) is 21.1 Å². The fourth-order valence-corrected chi connectivity index (χ4v) is 13.7. The molecule has 11 nitrogen and oxygen atoms in total. The van der Waals surface area contributed by atoms with Crippen molar-refractivity contribution in [2.24, 2.45) is 22.2 Å². The normalized spacial score (nSPS) is 26.5. The lowest BCUT2D eigenvalue weighted by Crippen LogP contribution is -2.65. The van der Waals surface area contributed by atoms with Crippen LogP contribution >= 0.6 is 11.6 Å². The third-order valence-electron chi connectivity index (χ3n) is 15.1. The van der Waals surface area contributed by atoms with Gasteiger partial charge in [-0.05, 0) is 128 Å². The zero-order valence-corrected chi connectivity index (χ0v) is 36.3. The minimum atomic E-state index is -4.07. The highest BCUT2D eigenvalue weighted by Crippen LogP contribution is 2.75. The van der Waals surface area contributed by atoms with Crippen LogP contribution in [0.5, 0.6) is 11.5 Å². The predicted molar refractivity (Wildman–Crippen MR) is 234 cm³/mol. The molecule has 2 aromatic carbocycles. The summed E-state index contributed by atoms with van der Waals surface area (Å²) in [6, 6.07) is 15.6. The number of sulfone groups is 1. The molecule has 60 heavy (non-hydrogen) atoms. The lowest BCUT2D eigenvalue weighted by molar-refractivity contribution is -0.386. The minimum absolute atomic E-state index is 0.0774. The first-order chi connectivity index (χ1) is 28.7. The van der Waals surface area contributed by atoms with E-state index in [1.54, 1.807) is 23.5 Å². The summed E-state index contributed by atoms with van der Waals surface area (Å²) in [5, 5.41) is 13.0. The van der Waals surface area contributed by atoms with Gasteiger partial charge in [0.15, 0.2) is 15.6 Å². The highest BCUT2D eigenvalue weighted by molar-refractivity contribution is 7.91. The van der Waals surface area contributed by atoms with Crippen LogP contribution in [0.4, 0.5) is 11.4 Å². The van der Waals surface area contributed by atoms with Crippen LogP contribution in [0.25, 0.3) is 11.0 Å². The Balaban J connectivity index is 0.831. The number of nitrogens with one attached hydrogen (secondary N) is 1. The molecule has 2 aromatic heterocycles. The lowest BCUT2D eigenvalue weighted by atomic mass is 9.39. The molecule has 4 aromatic rings. The second-order valence-corrected chi connectivity index (χ2v) is 22.9. The van der Waals surface area contributed by atoms with Crippen molar-refractivity contribution in [2.45, 2.75) is 100 Å². The zero-order valence-electron chi connectivity index (χ0n) is 34.8. The molecule has 6 fully saturated rings. The molecule has 1 saturated heterocycles. The second-order valence-electron chi connectivity index (χ2n) is 20.0. The second kappa shape index (κ2) is 14.8. The Hall–Kier alpha value is -4.13. The van der Waals surface area contributed by atoms with E-state index in [-0.39, 0.29) is 21.2 Å². The molecule has 1 spiro atoms. The van der Waals surface area contributed by atoms with Crippen LogP contribution in [-0.4, -0.2) is 78.2 Å². The molecule has 2 bridgehead atoms. The summed E-state index contributed by atoms with van der Waals surface area (Å²) in [6.07, 6.45) is 15.5. The van der Waals surface area contributed by atoms with E-state index in [1.165, 1.54) is 50.7 Å². The van der Waals surface area contributed by atoms with Gasteiger partial charge in [-0.15, -0.1) is 11.6 Å². The molecule has 1 unspecified atom stereocenters. The smallest absolute Gasteiger partial charge is 0.312 e. The molecule has 1 N–H and O–H groups in total. The number of aromatic amines is 1. The maximum absolute atomic E-state index is 14.1. The Kier molecular flexibility index (Phi) is 9.83. The molecule has 13 heteroatoms. The van der Waals surface area contributed by atoms with Crippen LogP contribution in [0, 0.1) is 32.3 Å². The molecule has 3 heterocycles. The molecule has 6 aliphatic carbocycles. The Bertz CT molecular complexity index is 2420. The summed E-state index contributed by atoms with van der Waals surface area (Å²) in [4.78, 5) is 24.1. The molecule has 11 rings (SSSR count). The van der Waals surface area contributed by atoms with Crippen molar-refractivity contribution in [3.8, 4) is 11.5 Å². The van der Waals surface area contributed by atoms with E-state index in [1.807, 2.05) is 36.4 Å². The van der Waals surface area contributed by atoms with Crippen molar-refractivity contribution in [3.05, 3.63) is 93.8 Å². The Morgan fingerprint density at radius 1 is 1.00 bits per heavy atom. The molecular weight excluding hydrogens is 798 g/mol. The number of hydrogen-bond acceptors (Lipinski definition) is 9. The van der Waals surface area contributed by atoms with Gasteiger partial charge in [0.1, 0.15) is 17.5 Å². The quantitative estimate of drug-likeness (QED) is 0.0570. The van der Waals surface area contributed by atoms with Crippen LogP contribution in [-0.2, 0) is 9.84 Å². The van der Waals surface area contributed by atoms with E-state index in [9.17, 15) is 18.5 Å². The van der Waals surface area contributed by atoms with Crippen molar-refractivity contribution >= 4 is 43.8 Å². The van der Waals surface area contributed by atoms with Crippen LogP contribution in [0.15, 0.2) is 83.0 Å². The highest BCUT2D eigenvalue weighted by Gasteiger charge is 2.69. The number of H-pyrrole nitrogens is 1.